The highest BCUT2D eigenvalue weighted by atomic mass is 16.5. The highest BCUT2D eigenvalue weighted by Crippen LogP contribution is 2.09. The van der Waals surface area contributed by atoms with Crippen LogP contribution >= 0.6 is 0 Å². The van der Waals surface area contributed by atoms with E-state index >= 15 is 0 Å². The smallest absolute Gasteiger partial charge is 0.326 e. The SMILES string of the molecule is O=C(CCCOc1ccccc1)NC(Cc1ccccc1)C(=O)O. The maximum atomic E-state index is 11.9. The van der Waals surface area contributed by atoms with Gasteiger partial charge in [-0.2, -0.15) is 0 Å². The van der Waals surface area contributed by atoms with Crippen LogP contribution in [0.25, 0.3) is 0 Å². The number of ether oxygens (including phenoxy) is 1. The maximum absolute atomic E-state index is 11.9. The van der Waals surface area contributed by atoms with Crippen molar-refractivity contribution in [2.45, 2.75) is 25.3 Å². The first-order valence-electron chi connectivity index (χ1n) is 7.89. The van der Waals surface area contributed by atoms with Gasteiger partial charge in [0, 0.05) is 12.8 Å². The van der Waals surface area contributed by atoms with Crippen molar-refractivity contribution in [1.29, 1.82) is 0 Å². The van der Waals surface area contributed by atoms with Crippen molar-refractivity contribution in [2.75, 3.05) is 6.61 Å². The number of para-hydroxylation sites is 1. The Bertz CT molecular complexity index is 643. The van der Waals surface area contributed by atoms with Gasteiger partial charge >= 0.3 is 5.97 Å². The Morgan fingerprint density at radius 1 is 1.00 bits per heavy atom. The highest BCUT2D eigenvalue weighted by Gasteiger charge is 2.20. The molecule has 0 aromatic heterocycles. The van der Waals surface area contributed by atoms with E-state index in [1.54, 1.807) is 0 Å². The van der Waals surface area contributed by atoms with Crippen LogP contribution in [0.2, 0.25) is 0 Å². The van der Waals surface area contributed by atoms with E-state index in [2.05, 4.69) is 5.32 Å². The largest absolute Gasteiger partial charge is 0.494 e. The van der Waals surface area contributed by atoms with Gasteiger partial charge in [0.2, 0.25) is 5.91 Å². The van der Waals surface area contributed by atoms with Crippen LogP contribution in [0.3, 0.4) is 0 Å². The van der Waals surface area contributed by atoms with Gasteiger partial charge in [-0.15, -0.1) is 0 Å². The topological polar surface area (TPSA) is 75.6 Å². The second-order valence-corrected chi connectivity index (χ2v) is 5.41. The van der Waals surface area contributed by atoms with Crippen LogP contribution in [0.5, 0.6) is 5.75 Å². The standard InChI is InChI=1S/C19H21NO4/c21-18(12-7-13-24-16-10-5-2-6-11-16)20-17(19(22)23)14-15-8-3-1-4-9-15/h1-6,8-11,17H,7,12-14H2,(H,20,21)(H,22,23). The van der Waals surface area contributed by atoms with E-state index in [0.29, 0.717) is 13.0 Å². The van der Waals surface area contributed by atoms with E-state index in [1.165, 1.54) is 0 Å². The van der Waals surface area contributed by atoms with Gasteiger partial charge < -0.3 is 15.2 Å². The zero-order valence-electron chi connectivity index (χ0n) is 13.4. The predicted molar refractivity (Wildman–Crippen MR) is 90.9 cm³/mol. The maximum Gasteiger partial charge on any atom is 0.326 e. The zero-order chi connectivity index (χ0) is 17.2. The van der Waals surface area contributed by atoms with Crippen molar-refractivity contribution in [3.63, 3.8) is 0 Å². The molecule has 0 aliphatic carbocycles. The van der Waals surface area contributed by atoms with Gasteiger partial charge in [0.05, 0.1) is 6.61 Å². The predicted octanol–water partition coefficient (Wildman–Crippen LogP) is 2.66. The van der Waals surface area contributed by atoms with Crippen molar-refractivity contribution in [3.05, 3.63) is 66.2 Å². The fraction of sp³-hybridized carbons (Fsp3) is 0.263. The van der Waals surface area contributed by atoms with Gasteiger partial charge in [0.15, 0.2) is 0 Å². The third-order valence-corrected chi connectivity index (χ3v) is 3.48. The second-order valence-electron chi connectivity index (χ2n) is 5.41. The van der Waals surface area contributed by atoms with Crippen LogP contribution in [0, 0.1) is 0 Å². The number of benzene rings is 2. The third kappa shape index (κ3) is 6.12. The molecule has 1 amide bonds. The van der Waals surface area contributed by atoms with Gasteiger partial charge in [0.25, 0.3) is 0 Å². The minimum atomic E-state index is -1.03. The van der Waals surface area contributed by atoms with E-state index in [9.17, 15) is 14.7 Å². The molecule has 0 radical (unpaired) electrons. The third-order valence-electron chi connectivity index (χ3n) is 3.48. The fourth-order valence-corrected chi connectivity index (χ4v) is 2.26. The number of carboxylic acid groups (broad SMARTS) is 1. The first-order valence-corrected chi connectivity index (χ1v) is 7.89. The molecule has 5 heteroatoms. The molecule has 24 heavy (non-hydrogen) atoms. The Balaban J connectivity index is 1.73. The molecule has 0 aliphatic heterocycles. The second kappa shape index (κ2) is 9.35. The molecule has 1 atom stereocenters. The minimum Gasteiger partial charge on any atom is -0.494 e. The molecule has 0 bridgehead atoms. The van der Waals surface area contributed by atoms with Gasteiger partial charge in [-0.25, -0.2) is 4.79 Å². The lowest BCUT2D eigenvalue weighted by atomic mass is 10.1. The van der Waals surface area contributed by atoms with Crippen molar-refractivity contribution in [2.24, 2.45) is 0 Å². The Labute approximate surface area is 141 Å². The van der Waals surface area contributed by atoms with Crippen molar-refractivity contribution < 1.29 is 19.4 Å². The lowest BCUT2D eigenvalue weighted by Crippen LogP contribution is -2.42. The van der Waals surface area contributed by atoms with E-state index in [0.717, 1.165) is 11.3 Å². The van der Waals surface area contributed by atoms with Gasteiger partial charge in [-0.1, -0.05) is 48.5 Å². The van der Waals surface area contributed by atoms with Crippen molar-refractivity contribution in [3.8, 4) is 5.75 Å². The molecule has 0 fully saturated rings. The van der Waals surface area contributed by atoms with Crippen LogP contribution < -0.4 is 10.1 Å². The first kappa shape index (κ1) is 17.5. The lowest BCUT2D eigenvalue weighted by molar-refractivity contribution is -0.141. The summed E-state index contributed by atoms with van der Waals surface area (Å²) in [7, 11) is 0. The summed E-state index contributed by atoms with van der Waals surface area (Å²) in [6, 6.07) is 17.7. The average molecular weight is 327 g/mol. The number of carbonyl (C=O) groups excluding carboxylic acids is 1. The normalized spacial score (nSPS) is 11.5. The van der Waals surface area contributed by atoms with Crippen LogP contribution in [-0.4, -0.2) is 29.6 Å². The van der Waals surface area contributed by atoms with E-state index < -0.39 is 12.0 Å². The first-order chi connectivity index (χ1) is 11.6. The molecule has 2 rings (SSSR count). The number of hydrogen-bond acceptors (Lipinski definition) is 3. The van der Waals surface area contributed by atoms with Crippen LogP contribution in [0.4, 0.5) is 0 Å². The molecule has 0 saturated heterocycles. The molecule has 0 heterocycles. The summed E-state index contributed by atoms with van der Waals surface area (Å²) in [6.07, 6.45) is 1.02. The molecular formula is C19H21NO4. The quantitative estimate of drug-likeness (QED) is 0.694. The highest BCUT2D eigenvalue weighted by molar-refractivity contribution is 5.83. The number of carboxylic acids is 1. The lowest BCUT2D eigenvalue weighted by Gasteiger charge is -2.14. The number of hydrogen-bond donors (Lipinski definition) is 2. The Hall–Kier alpha value is -2.82. The van der Waals surface area contributed by atoms with Crippen molar-refractivity contribution in [1.82, 2.24) is 5.32 Å². The van der Waals surface area contributed by atoms with E-state index in [-0.39, 0.29) is 18.7 Å². The molecule has 2 aromatic carbocycles. The Morgan fingerprint density at radius 3 is 2.25 bits per heavy atom. The van der Waals surface area contributed by atoms with Crippen molar-refractivity contribution >= 4 is 11.9 Å². The zero-order valence-corrected chi connectivity index (χ0v) is 13.4. The summed E-state index contributed by atoms with van der Waals surface area (Å²) in [5, 5.41) is 11.8. The molecule has 2 N–H and O–H groups in total. The summed E-state index contributed by atoms with van der Waals surface area (Å²) < 4.78 is 5.51. The number of amides is 1. The van der Waals surface area contributed by atoms with E-state index in [1.807, 2.05) is 60.7 Å². The molecule has 1 unspecified atom stereocenters. The number of carbonyl (C=O) groups is 2. The molecule has 126 valence electrons. The molecule has 0 saturated carbocycles. The van der Waals surface area contributed by atoms with Crippen LogP contribution in [0.15, 0.2) is 60.7 Å². The Morgan fingerprint density at radius 2 is 1.62 bits per heavy atom. The number of nitrogens with one attached hydrogen (secondary N) is 1. The molecule has 0 spiro atoms. The summed E-state index contributed by atoms with van der Waals surface area (Å²) >= 11 is 0. The molecule has 5 nitrogen and oxygen atoms in total. The number of aliphatic carboxylic acids is 1. The fourth-order valence-electron chi connectivity index (χ4n) is 2.26. The summed E-state index contributed by atoms with van der Waals surface area (Å²) in [5.41, 5.74) is 0.873. The molecule has 2 aromatic rings. The minimum absolute atomic E-state index is 0.228. The monoisotopic (exact) mass is 327 g/mol. The van der Waals surface area contributed by atoms with E-state index in [4.69, 9.17) is 4.74 Å². The summed E-state index contributed by atoms with van der Waals surface area (Å²) in [5.74, 6) is -0.562. The molecule has 0 aliphatic rings. The average Bonchev–Trinajstić information content (AvgIpc) is 2.60. The van der Waals surface area contributed by atoms with Gasteiger partial charge in [-0.3, -0.25) is 4.79 Å². The summed E-state index contributed by atoms with van der Waals surface area (Å²) in [4.78, 5) is 23.2. The summed E-state index contributed by atoms with van der Waals surface area (Å²) in [6.45, 7) is 0.411. The molecular weight excluding hydrogens is 306 g/mol. The Kier molecular flexibility index (Phi) is 6.83. The van der Waals surface area contributed by atoms with Gasteiger partial charge in [-0.05, 0) is 24.1 Å². The number of rotatable bonds is 9. The van der Waals surface area contributed by atoms with Crippen LogP contribution in [-0.2, 0) is 16.0 Å². The van der Waals surface area contributed by atoms with Crippen LogP contribution in [0.1, 0.15) is 18.4 Å². The van der Waals surface area contributed by atoms with Gasteiger partial charge in [0.1, 0.15) is 11.8 Å².